The molecule has 1 fully saturated rings. The number of piperidine rings is 1. The van der Waals surface area contributed by atoms with Crippen molar-refractivity contribution in [3.63, 3.8) is 0 Å². The molecule has 39 heavy (non-hydrogen) atoms. The normalized spacial score (nSPS) is 15.3. The number of nitrogens with zero attached hydrogens (tertiary/aromatic N) is 3. The van der Waals surface area contributed by atoms with E-state index in [9.17, 15) is 19.2 Å². The molecule has 0 radical (unpaired) electrons. The molecule has 4 amide bonds. The zero-order valence-corrected chi connectivity index (χ0v) is 23.3. The third kappa shape index (κ3) is 10.6. The second kappa shape index (κ2) is 15.7. The van der Waals surface area contributed by atoms with Gasteiger partial charge in [-0.25, -0.2) is 9.97 Å². The molecule has 2 rings (SSSR count). The molecule has 2 heterocycles. The van der Waals surface area contributed by atoms with Crippen molar-refractivity contribution in [3.05, 3.63) is 18.0 Å². The molecule has 1 aliphatic heterocycles. The Morgan fingerprint density at radius 2 is 1.79 bits per heavy atom. The second-order valence-corrected chi connectivity index (χ2v) is 10.1. The van der Waals surface area contributed by atoms with Crippen LogP contribution >= 0.6 is 0 Å². The van der Waals surface area contributed by atoms with Crippen molar-refractivity contribution < 1.29 is 24.3 Å². The van der Waals surface area contributed by atoms with Crippen LogP contribution in [0.1, 0.15) is 51.5 Å². The van der Waals surface area contributed by atoms with E-state index in [1.807, 2.05) is 27.7 Å². The Morgan fingerprint density at radius 3 is 2.41 bits per heavy atom. The number of aromatic nitrogens is 2. The van der Waals surface area contributed by atoms with E-state index in [4.69, 9.17) is 5.11 Å². The summed E-state index contributed by atoms with van der Waals surface area (Å²) >= 11 is 0. The number of carbonyl (C=O) groups is 4. The molecule has 1 aliphatic rings. The lowest BCUT2D eigenvalue weighted by atomic mass is 9.83. The van der Waals surface area contributed by atoms with Crippen LogP contribution in [0.5, 0.6) is 6.01 Å². The maximum absolute atomic E-state index is 13.4. The van der Waals surface area contributed by atoms with Crippen LogP contribution in [0, 0.1) is 17.8 Å². The molecule has 13 heteroatoms. The molecule has 0 aliphatic carbocycles. The van der Waals surface area contributed by atoms with Crippen molar-refractivity contribution in [2.75, 3.05) is 33.1 Å². The molecule has 0 spiro atoms. The molecule has 5 N–H and O–H groups in total. The number of aromatic hydroxyl groups is 1. The molecule has 0 bridgehead atoms. The molecular formula is C26H40BN7O5. The molecule has 0 saturated carbocycles. The van der Waals surface area contributed by atoms with Crippen molar-refractivity contribution in [3.8, 4) is 17.9 Å². The first kappa shape index (κ1) is 31.6. The summed E-state index contributed by atoms with van der Waals surface area (Å²) in [5, 5.41) is 20.2. The molecule has 0 aromatic carbocycles. The van der Waals surface area contributed by atoms with Crippen LogP contribution in [-0.2, 0) is 19.2 Å². The number of carbonyl (C=O) groups excluding carboxylic acids is 4. The Bertz CT molecular complexity index is 1050. The second-order valence-electron chi connectivity index (χ2n) is 10.1. The Kier molecular flexibility index (Phi) is 12.7. The van der Waals surface area contributed by atoms with E-state index in [0.29, 0.717) is 50.8 Å². The highest BCUT2D eigenvalue weighted by Gasteiger charge is 2.43. The highest BCUT2D eigenvalue weighted by atomic mass is 16.3. The number of hydrogen-bond acceptors (Lipinski definition) is 8. The lowest BCUT2D eigenvalue weighted by Gasteiger charge is -2.41. The maximum Gasteiger partial charge on any atom is 0.313 e. The van der Waals surface area contributed by atoms with Crippen LogP contribution in [-0.4, -0.2) is 95.6 Å². The molecule has 1 aromatic heterocycles. The van der Waals surface area contributed by atoms with E-state index in [0.717, 1.165) is 7.28 Å². The summed E-state index contributed by atoms with van der Waals surface area (Å²) in [5.74, 6) is 4.19. The molecule has 0 unspecified atom stereocenters. The standard InChI is InChI=1S/C26H40BN7O5/c1-18(2)22(32-20(35)9-7-5-6-8-19-14-29-25(39)30-15-19)23(37)33-26(10-12-34(4)13-11-26)24(38)28-16-21(36)31-17-27-3/h14-15,18,22,27H,5,7,9-13,16-17H2,1-4H3,(H,28,38)(H,31,36)(H,32,35)(H,33,37)(H,29,30,39)/t22-/m0/s1. The molecule has 1 atom stereocenters. The molecule has 1 aromatic rings. The number of rotatable bonds is 12. The predicted molar refractivity (Wildman–Crippen MR) is 148 cm³/mol. The van der Waals surface area contributed by atoms with E-state index >= 15 is 0 Å². The smallest absolute Gasteiger partial charge is 0.313 e. The van der Waals surface area contributed by atoms with Crippen molar-refractivity contribution >= 4 is 30.9 Å². The largest absolute Gasteiger partial charge is 0.479 e. The average Bonchev–Trinajstić information content (AvgIpc) is 2.91. The number of nitrogens with one attached hydrogen (secondary N) is 4. The van der Waals surface area contributed by atoms with Gasteiger partial charge in [0, 0.05) is 38.3 Å². The van der Waals surface area contributed by atoms with Gasteiger partial charge >= 0.3 is 6.01 Å². The molecule has 1 saturated heterocycles. The summed E-state index contributed by atoms with van der Waals surface area (Å²) < 4.78 is 0. The Morgan fingerprint density at radius 1 is 1.13 bits per heavy atom. The van der Waals surface area contributed by atoms with Gasteiger partial charge in [-0.2, -0.15) is 0 Å². The van der Waals surface area contributed by atoms with E-state index in [1.54, 1.807) is 0 Å². The van der Waals surface area contributed by atoms with Gasteiger partial charge in [0.2, 0.25) is 23.6 Å². The van der Waals surface area contributed by atoms with Crippen molar-refractivity contribution in [2.45, 2.75) is 64.4 Å². The fraction of sp³-hybridized carbons (Fsp3) is 0.615. The van der Waals surface area contributed by atoms with Gasteiger partial charge in [-0.05, 0) is 38.7 Å². The summed E-state index contributed by atoms with van der Waals surface area (Å²) in [7, 11) is 2.73. The fourth-order valence-corrected chi connectivity index (χ4v) is 4.05. The van der Waals surface area contributed by atoms with Crippen molar-refractivity contribution in [1.29, 1.82) is 0 Å². The van der Waals surface area contributed by atoms with Gasteiger partial charge in [-0.3, -0.25) is 19.2 Å². The Labute approximate surface area is 230 Å². The maximum atomic E-state index is 13.4. The minimum Gasteiger partial charge on any atom is -0.479 e. The summed E-state index contributed by atoms with van der Waals surface area (Å²) in [6.07, 6.45) is 5.25. The van der Waals surface area contributed by atoms with Gasteiger partial charge in [0.1, 0.15) is 18.9 Å². The van der Waals surface area contributed by atoms with Gasteiger partial charge in [0.05, 0.1) is 12.1 Å². The van der Waals surface area contributed by atoms with Gasteiger partial charge in [0.25, 0.3) is 0 Å². The monoisotopic (exact) mass is 541 g/mol. The molecular weight excluding hydrogens is 501 g/mol. The predicted octanol–water partition coefficient (Wildman–Crippen LogP) is -0.900. The molecule has 212 valence electrons. The van der Waals surface area contributed by atoms with Gasteiger partial charge < -0.3 is 31.3 Å². The van der Waals surface area contributed by atoms with Crippen LogP contribution in [0.4, 0.5) is 0 Å². The topological polar surface area (TPSA) is 166 Å². The minimum absolute atomic E-state index is 0.167. The first-order chi connectivity index (χ1) is 18.6. The minimum atomic E-state index is -1.17. The van der Waals surface area contributed by atoms with Crippen LogP contribution in [0.15, 0.2) is 12.4 Å². The first-order valence-electron chi connectivity index (χ1n) is 13.4. The SMILES string of the molecule is CBCNC(=O)CNC(=O)C1(NC(=O)[C@@H](NC(=O)CCCC#Cc2cnc(O)nc2)C(C)C)CCN(C)CC1. The summed E-state index contributed by atoms with van der Waals surface area (Å²) in [4.78, 5) is 60.6. The van der Waals surface area contributed by atoms with Gasteiger partial charge in [-0.15, -0.1) is 0 Å². The summed E-state index contributed by atoms with van der Waals surface area (Å²) in [5.41, 5.74) is -0.609. The molecule has 12 nitrogen and oxygen atoms in total. The van der Waals surface area contributed by atoms with Gasteiger partial charge in [0.15, 0.2) is 0 Å². The Hall–Kier alpha value is -3.66. The zero-order chi connectivity index (χ0) is 28.8. The number of unbranched alkanes of at least 4 members (excludes halogenated alkanes) is 1. The van der Waals surface area contributed by atoms with E-state index in [2.05, 4.69) is 48.0 Å². The summed E-state index contributed by atoms with van der Waals surface area (Å²) in [6, 6.07) is -1.15. The number of likely N-dealkylation sites (tertiary alicyclic amines) is 1. The van der Waals surface area contributed by atoms with E-state index < -0.39 is 23.4 Å². The van der Waals surface area contributed by atoms with Crippen molar-refractivity contribution in [1.82, 2.24) is 36.1 Å². The quantitative estimate of drug-likeness (QED) is 0.129. The average molecular weight is 541 g/mol. The third-order valence-corrected chi connectivity index (χ3v) is 6.46. The van der Waals surface area contributed by atoms with E-state index in [-0.39, 0.29) is 36.7 Å². The summed E-state index contributed by atoms with van der Waals surface area (Å²) in [6.45, 7) is 6.64. The van der Waals surface area contributed by atoms with Crippen LogP contribution < -0.4 is 21.3 Å². The third-order valence-electron chi connectivity index (χ3n) is 6.46. The van der Waals surface area contributed by atoms with Crippen molar-refractivity contribution in [2.24, 2.45) is 5.92 Å². The van der Waals surface area contributed by atoms with E-state index in [1.165, 1.54) is 12.4 Å². The number of hydrogen-bond donors (Lipinski definition) is 5. The lowest BCUT2D eigenvalue weighted by Crippen LogP contribution is -2.66. The fourth-order valence-electron chi connectivity index (χ4n) is 4.05. The zero-order valence-electron chi connectivity index (χ0n) is 23.3. The lowest BCUT2D eigenvalue weighted by molar-refractivity contribution is -0.138. The van der Waals surface area contributed by atoms with Crippen LogP contribution in [0.2, 0.25) is 6.82 Å². The Balaban J connectivity index is 1.95. The number of amides is 4. The van der Waals surface area contributed by atoms with Crippen LogP contribution in [0.25, 0.3) is 0 Å². The first-order valence-corrected chi connectivity index (χ1v) is 13.4. The highest BCUT2D eigenvalue weighted by Crippen LogP contribution is 2.23. The van der Waals surface area contributed by atoms with Crippen LogP contribution in [0.3, 0.4) is 0 Å². The van der Waals surface area contributed by atoms with Gasteiger partial charge in [-0.1, -0.05) is 32.5 Å². The highest BCUT2D eigenvalue weighted by molar-refractivity contribution is 6.34.